The van der Waals surface area contributed by atoms with Gasteiger partial charge in [-0.15, -0.1) is 0 Å². The van der Waals surface area contributed by atoms with Crippen molar-refractivity contribution < 1.29 is 14.6 Å². The number of fused-ring (bicyclic) bond motifs is 1. The third-order valence-electron chi connectivity index (χ3n) is 2.84. The number of aryl methyl sites for hydroxylation is 1. The Labute approximate surface area is 116 Å². The molecule has 0 aliphatic rings. The Morgan fingerprint density at radius 2 is 2.21 bits per heavy atom. The van der Waals surface area contributed by atoms with E-state index in [9.17, 15) is 4.79 Å². The first-order valence-corrected chi connectivity index (χ1v) is 6.25. The predicted molar refractivity (Wildman–Crippen MR) is 73.4 cm³/mol. The highest BCUT2D eigenvalue weighted by Gasteiger charge is 2.13. The summed E-state index contributed by atoms with van der Waals surface area (Å²) in [6, 6.07) is 7.77. The van der Waals surface area contributed by atoms with Crippen LogP contribution in [-0.2, 0) is 16.1 Å². The van der Waals surface area contributed by atoms with Crippen LogP contribution in [0.25, 0.3) is 10.9 Å². The number of benzene rings is 1. The van der Waals surface area contributed by atoms with E-state index in [0.29, 0.717) is 10.7 Å². The summed E-state index contributed by atoms with van der Waals surface area (Å²) in [6.07, 6.45) is -0.871. The van der Waals surface area contributed by atoms with E-state index in [1.54, 1.807) is 0 Å². The molecule has 0 bridgehead atoms. The van der Waals surface area contributed by atoms with Gasteiger partial charge in [0.15, 0.2) is 6.10 Å². The molecule has 5 heteroatoms. The first-order chi connectivity index (χ1) is 8.97. The lowest BCUT2D eigenvalue weighted by molar-refractivity contribution is -0.149. The molecule has 2 rings (SSSR count). The quantitative estimate of drug-likeness (QED) is 0.873. The van der Waals surface area contributed by atoms with Crippen molar-refractivity contribution in [2.24, 2.45) is 0 Å². The minimum atomic E-state index is -1.000. The van der Waals surface area contributed by atoms with Gasteiger partial charge in [-0.05, 0) is 31.5 Å². The Kier molecular flexibility index (Phi) is 4.02. The van der Waals surface area contributed by atoms with Crippen molar-refractivity contribution in [1.82, 2.24) is 4.98 Å². The molecule has 0 unspecified atom stereocenters. The molecule has 100 valence electrons. The average molecular weight is 280 g/mol. The van der Waals surface area contributed by atoms with Gasteiger partial charge in [-0.3, -0.25) is 0 Å². The summed E-state index contributed by atoms with van der Waals surface area (Å²) in [5, 5.41) is 10.1. The van der Waals surface area contributed by atoms with Crippen LogP contribution in [0.2, 0.25) is 5.15 Å². The second kappa shape index (κ2) is 5.55. The third kappa shape index (κ3) is 3.22. The lowest BCUT2D eigenvalue weighted by atomic mass is 10.1. The van der Waals surface area contributed by atoms with Crippen LogP contribution in [0.5, 0.6) is 0 Å². The number of hydrogen-bond donors (Lipinski definition) is 1. The fourth-order valence-electron chi connectivity index (χ4n) is 1.68. The minimum Gasteiger partial charge on any atom is -0.479 e. The number of aliphatic carboxylic acids is 1. The van der Waals surface area contributed by atoms with Crippen LogP contribution < -0.4 is 0 Å². The Hall–Kier alpha value is -1.65. The summed E-state index contributed by atoms with van der Waals surface area (Å²) in [5.41, 5.74) is 2.62. The van der Waals surface area contributed by atoms with Crippen molar-refractivity contribution in [2.45, 2.75) is 26.6 Å². The highest BCUT2D eigenvalue weighted by atomic mass is 35.5. The molecule has 1 aromatic carbocycles. The van der Waals surface area contributed by atoms with E-state index < -0.39 is 12.1 Å². The van der Waals surface area contributed by atoms with E-state index >= 15 is 0 Å². The summed E-state index contributed by atoms with van der Waals surface area (Å²) < 4.78 is 5.22. The molecule has 0 aliphatic carbocycles. The lowest BCUT2D eigenvalue weighted by Gasteiger charge is -2.10. The number of halogens is 1. The molecule has 4 nitrogen and oxygen atoms in total. The molecule has 1 N–H and O–H groups in total. The van der Waals surface area contributed by atoms with Crippen molar-refractivity contribution in [3.05, 3.63) is 40.5 Å². The van der Waals surface area contributed by atoms with Crippen molar-refractivity contribution in [1.29, 1.82) is 0 Å². The highest BCUT2D eigenvalue weighted by Crippen LogP contribution is 2.22. The molecule has 0 saturated heterocycles. The van der Waals surface area contributed by atoms with Crippen molar-refractivity contribution in [2.75, 3.05) is 0 Å². The molecule has 0 aliphatic heterocycles. The first kappa shape index (κ1) is 13.8. The maximum Gasteiger partial charge on any atom is 0.332 e. The van der Waals surface area contributed by atoms with Gasteiger partial charge in [-0.25, -0.2) is 9.78 Å². The van der Waals surface area contributed by atoms with Crippen LogP contribution in [0.15, 0.2) is 24.3 Å². The van der Waals surface area contributed by atoms with E-state index in [4.69, 9.17) is 21.4 Å². The number of hydrogen-bond acceptors (Lipinski definition) is 3. The second-order valence-electron chi connectivity index (χ2n) is 4.43. The number of pyridine rings is 1. The Bertz CT molecular complexity index is 627. The number of ether oxygens (including phenoxy) is 1. The van der Waals surface area contributed by atoms with Gasteiger partial charge in [0, 0.05) is 10.9 Å². The number of carboxylic acid groups (broad SMARTS) is 1. The number of nitrogens with zero attached hydrogens (tertiary/aromatic N) is 1. The highest BCUT2D eigenvalue weighted by molar-refractivity contribution is 6.30. The number of aromatic nitrogens is 1. The largest absolute Gasteiger partial charge is 0.479 e. The van der Waals surface area contributed by atoms with Gasteiger partial charge in [-0.1, -0.05) is 23.7 Å². The number of carboxylic acids is 1. The molecule has 0 amide bonds. The fraction of sp³-hybridized carbons (Fsp3) is 0.286. The summed E-state index contributed by atoms with van der Waals surface area (Å²) in [7, 11) is 0. The lowest BCUT2D eigenvalue weighted by Crippen LogP contribution is -2.19. The Morgan fingerprint density at radius 3 is 2.89 bits per heavy atom. The van der Waals surface area contributed by atoms with Crippen molar-refractivity contribution >= 4 is 28.5 Å². The molecule has 0 spiro atoms. The van der Waals surface area contributed by atoms with Gasteiger partial charge in [0.25, 0.3) is 0 Å². The Morgan fingerprint density at radius 1 is 1.47 bits per heavy atom. The zero-order chi connectivity index (χ0) is 14.0. The standard InChI is InChI=1S/C14H14ClNO3/c1-8-3-4-10-6-11(7-19-9(2)14(17)18)13(15)16-12(10)5-8/h3-6,9H,7H2,1-2H3,(H,17,18)/t9-/m0/s1. The topological polar surface area (TPSA) is 59.4 Å². The molecule has 1 aromatic heterocycles. The van der Waals surface area contributed by atoms with Gasteiger partial charge in [-0.2, -0.15) is 0 Å². The maximum atomic E-state index is 10.7. The summed E-state index contributed by atoms with van der Waals surface area (Å²) in [5.74, 6) is -1.000. The van der Waals surface area contributed by atoms with Crippen molar-refractivity contribution in [3.63, 3.8) is 0 Å². The van der Waals surface area contributed by atoms with Crippen LogP contribution in [-0.4, -0.2) is 22.2 Å². The summed E-state index contributed by atoms with van der Waals surface area (Å²) in [6.45, 7) is 3.60. The van der Waals surface area contributed by atoms with Crippen LogP contribution >= 0.6 is 11.6 Å². The van der Waals surface area contributed by atoms with Gasteiger partial charge >= 0.3 is 5.97 Å². The number of carbonyl (C=O) groups is 1. The zero-order valence-corrected chi connectivity index (χ0v) is 11.4. The first-order valence-electron chi connectivity index (χ1n) is 5.87. The van der Waals surface area contributed by atoms with E-state index in [2.05, 4.69) is 4.98 Å². The number of rotatable bonds is 4. The summed E-state index contributed by atoms with van der Waals surface area (Å²) in [4.78, 5) is 15.0. The molecular weight excluding hydrogens is 266 g/mol. The molecular formula is C14H14ClNO3. The Balaban J connectivity index is 2.26. The normalized spacial score (nSPS) is 12.6. The van der Waals surface area contributed by atoms with Crippen LogP contribution in [0.4, 0.5) is 0 Å². The second-order valence-corrected chi connectivity index (χ2v) is 4.78. The summed E-state index contributed by atoms with van der Waals surface area (Å²) >= 11 is 6.08. The van der Waals surface area contributed by atoms with Crippen LogP contribution in [0.1, 0.15) is 18.1 Å². The molecule has 0 radical (unpaired) electrons. The smallest absolute Gasteiger partial charge is 0.332 e. The predicted octanol–water partition coefficient (Wildman–Crippen LogP) is 3.19. The van der Waals surface area contributed by atoms with Crippen molar-refractivity contribution in [3.8, 4) is 0 Å². The molecule has 2 aromatic rings. The molecule has 19 heavy (non-hydrogen) atoms. The van der Waals surface area contributed by atoms with Gasteiger partial charge in [0.1, 0.15) is 5.15 Å². The minimum absolute atomic E-state index is 0.128. The van der Waals surface area contributed by atoms with E-state index in [1.807, 2.05) is 31.2 Å². The molecule has 1 heterocycles. The van der Waals surface area contributed by atoms with E-state index in [0.717, 1.165) is 16.5 Å². The fourth-order valence-corrected chi connectivity index (χ4v) is 1.88. The van der Waals surface area contributed by atoms with Crippen LogP contribution in [0, 0.1) is 6.92 Å². The average Bonchev–Trinajstić information content (AvgIpc) is 2.35. The van der Waals surface area contributed by atoms with E-state index in [1.165, 1.54) is 6.92 Å². The third-order valence-corrected chi connectivity index (χ3v) is 3.16. The maximum absolute atomic E-state index is 10.7. The van der Waals surface area contributed by atoms with Crippen LogP contribution in [0.3, 0.4) is 0 Å². The molecule has 0 fully saturated rings. The SMILES string of the molecule is Cc1ccc2cc(CO[C@@H](C)C(=O)O)c(Cl)nc2c1. The zero-order valence-electron chi connectivity index (χ0n) is 10.7. The molecule has 0 saturated carbocycles. The van der Waals surface area contributed by atoms with Gasteiger partial charge in [0.2, 0.25) is 0 Å². The van der Waals surface area contributed by atoms with Gasteiger partial charge < -0.3 is 9.84 Å². The van der Waals surface area contributed by atoms with E-state index in [-0.39, 0.29) is 6.61 Å². The van der Waals surface area contributed by atoms with Gasteiger partial charge in [0.05, 0.1) is 12.1 Å². The molecule has 1 atom stereocenters. The monoisotopic (exact) mass is 279 g/mol.